The lowest BCUT2D eigenvalue weighted by Gasteiger charge is -2.23. The van der Waals surface area contributed by atoms with Crippen LogP contribution < -0.4 is 4.90 Å². The number of carbonyl (C=O) groups is 1. The summed E-state index contributed by atoms with van der Waals surface area (Å²) in [6, 6.07) is 14.1. The number of halogens is 1. The molecule has 0 bridgehead atoms. The lowest BCUT2D eigenvalue weighted by atomic mass is 10.1. The number of hydrogen-bond acceptors (Lipinski definition) is 1. The first-order chi connectivity index (χ1) is 9.58. The molecule has 0 aliphatic carbocycles. The molecule has 1 unspecified atom stereocenters. The van der Waals surface area contributed by atoms with Gasteiger partial charge in [-0.3, -0.25) is 4.79 Å². The molecular formula is C17H16BrNO. The Morgan fingerprint density at radius 3 is 2.75 bits per heavy atom. The average molecular weight is 330 g/mol. The summed E-state index contributed by atoms with van der Waals surface area (Å²) in [5, 5.41) is 0. The van der Waals surface area contributed by atoms with Crippen molar-refractivity contribution in [3.63, 3.8) is 0 Å². The van der Waals surface area contributed by atoms with Crippen molar-refractivity contribution in [1.82, 2.24) is 0 Å². The molecule has 20 heavy (non-hydrogen) atoms. The number of benzene rings is 2. The van der Waals surface area contributed by atoms with Gasteiger partial charge in [0.05, 0.1) is 0 Å². The molecule has 0 spiro atoms. The maximum Gasteiger partial charge on any atom is 0.258 e. The molecule has 2 aromatic rings. The highest BCUT2D eigenvalue weighted by Crippen LogP contribution is 2.33. The van der Waals surface area contributed by atoms with Crippen LogP contribution in [0.25, 0.3) is 0 Å². The van der Waals surface area contributed by atoms with Crippen LogP contribution in [0.1, 0.15) is 28.4 Å². The Labute approximate surface area is 127 Å². The van der Waals surface area contributed by atoms with Crippen LogP contribution in [-0.2, 0) is 6.42 Å². The number of anilines is 1. The van der Waals surface area contributed by atoms with Crippen molar-refractivity contribution in [2.24, 2.45) is 0 Å². The zero-order valence-electron chi connectivity index (χ0n) is 11.6. The molecule has 0 saturated carbocycles. The number of nitrogens with zero attached hydrogens (tertiary/aromatic N) is 1. The maximum absolute atomic E-state index is 12.8. The summed E-state index contributed by atoms with van der Waals surface area (Å²) in [7, 11) is 0. The van der Waals surface area contributed by atoms with E-state index in [1.54, 1.807) is 0 Å². The standard InChI is InChI=1S/C17H16BrNO/c1-11-7-8-14(10-15(11)18)17(20)19-12(2)9-13-5-3-4-6-16(13)19/h3-8,10,12H,9H2,1-2H3. The van der Waals surface area contributed by atoms with E-state index in [2.05, 4.69) is 28.9 Å². The second kappa shape index (κ2) is 5.06. The second-order valence-corrected chi connectivity index (χ2v) is 6.18. The highest BCUT2D eigenvalue weighted by molar-refractivity contribution is 9.10. The highest BCUT2D eigenvalue weighted by Gasteiger charge is 2.31. The fourth-order valence-electron chi connectivity index (χ4n) is 2.74. The van der Waals surface area contributed by atoms with Crippen molar-refractivity contribution in [1.29, 1.82) is 0 Å². The predicted molar refractivity (Wildman–Crippen MR) is 85.3 cm³/mol. The Kier molecular flexibility index (Phi) is 3.38. The van der Waals surface area contributed by atoms with Crippen molar-refractivity contribution in [2.45, 2.75) is 26.3 Å². The van der Waals surface area contributed by atoms with Crippen LogP contribution in [0.4, 0.5) is 5.69 Å². The van der Waals surface area contributed by atoms with Gasteiger partial charge in [0.15, 0.2) is 0 Å². The summed E-state index contributed by atoms with van der Waals surface area (Å²) < 4.78 is 0.975. The molecule has 102 valence electrons. The number of fused-ring (bicyclic) bond motifs is 1. The highest BCUT2D eigenvalue weighted by atomic mass is 79.9. The van der Waals surface area contributed by atoms with E-state index in [1.165, 1.54) is 5.56 Å². The van der Waals surface area contributed by atoms with Gasteiger partial charge in [-0.2, -0.15) is 0 Å². The zero-order valence-corrected chi connectivity index (χ0v) is 13.1. The van der Waals surface area contributed by atoms with Crippen LogP contribution in [0.15, 0.2) is 46.9 Å². The van der Waals surface area contributed by atoms with E-state index in [1.807, 2.05) is 48.2 Å². The van der Waals surface area contributed by atoms with Crippen LogP contribution in [0.2, 0.25) is 0 Å². The number of para-hydroxylation sites is 1. The Balaban J connectivity index is 2.00. The van der Waals surface area contributed by atoms with Gasteiger partial charge in [0.2, 0.25) is 0 Å². The van der Waals surface area contributed by atoms with Crippen LogP contribution >= 0.6 is 15.9 Å². The molecule has 0 aromatic heterocycles. The summed E-state index contributed by atoms with van der Waals surface area (Å²) in [6.07, 6.45) is 0.926. The molecule has 1 atom stereocenters. The van der Waals surface area contributed by atoms with E-state index in [0.29, 0.717) is 0 Å². The van der Waals surface area contributed by atoms with E-state index in [9.17, 15) is 4.79 Å². The number of hydrogen-bond donors (Lipinski definition) is 0. The fourth-order valence-corrected chi connectivity index (χ4v) is 3.12. The Hall–Kier alpha value is -1.61. The van der Waals surface area contributed by atoms with Crippen LogP contribution in [0, 0.1) is 6.92 Å². The van der Waals surface area contributed by atoms with Crippen LogP contribution in [-0.4, -0.2) is 11.9 Å². The van der Waals surface area contributed by atoms with Gasteiger partial charge < -0.3 is 4.90 Å². The van der Waals surface area contributed by atoms with Gasteiger partial charge >= 0.3 is 0 Å². The minimum atomic E-state index is 0.0724. The summed E-state index contributed by atoms with van der Waals surface area (Å²) >= 11 is 3.50. The molecule has 3 rings (SSSR count). The Bertz CT molecular complexity index is 680. The summed E-state index contributed by atoms with van der Waals surface area (Å²) in [5.74, 6) is 0.0724. The molecule has 1 aliphatic rings. The van der Waals surface area contributed by atoms with Crippen molar-refractivity contribution in [3.8, 4) is 0 Å². The molecule has 0 N–H and O–H groups in total. The quantitative estimate of drug-likeness (QED) is 0.761. The minimum Gasteiger partial charge on any atom is -0.305 e. The predicted octanol–water partition coefficient (Wildman–Crippen LogP) is 4.35. The molecule has 0 saturated heterocycles. The van der Waals surface area contributed by atoms with Crippen LogP contribution in [0.3, 0.4) is 0 Å². The van der Waals surface area contributed by atoms with E-state index < -0.39 is 0 Å². The van der Waals surface area contributed by atoms with Gasteiger partial charge in [-0.05, 0) is 49.6 Å². The summed E-state index contributed by atoms with van der Waals surface area (Å²) in [5.41, 5.74) is 4.16. The van der Waals surface area contributed by atoms with Gasteiger partial charge in [-0.15, -0.1) is 0 Å². The third-order valence-corrected chi connectivity index (χ3v) is 4.70. The number of rotatable bonds is 1. The molecule has 3 heteroatoms. The molecule has 2 aromatic carbocycles. The minimum absolute atomic E-state index is 0.0724. The molecule has 1 heterocycles. The van der Waals surface area contributed by atoms with Gasteiger partial charge in [0.1, 0.15) is 0 Å². The zero-order chi connectivity index (χ0) is 14.3. The second-order valence-electron chi connectivity index (χ2n) is 5.32. The molecule has 2 nitrogen and oxygen atoms in total. The lowest BCUT2D eigenvalue weighted by molar-refractivity contribution is 0.0981. The van der Waals surface area contributed by atoms with Gasteiger partial charge in [-0.1, -0.05) is 40.2 Å². The molecule has 0 radical (unpaired) electrons. The SMILES string of the molecule is Cc1ccc(C(=O)N2c3ccccc3CC2C)cc1Br. The third-order valence-electron chi connectivity index (χ3n) is 3.84. The first-order valence-corrected chi connectivity index (χ1v) is 7.55. The first kappa shape index (κ1) is 13.4. The average Bonchev–Trinajstić information content (AvgIpc) is 2.77. The summed E-state index contributed by atoms with van der Waals surface area (Å²) in [6.45, 7) is 4.12. The third kappa shape index (κ3) is 2.16. The largest absolute Gasteiger partial charge is 0.305 e. The normalized spacial score (nSPS) is 17.1. The molecule has 1 amide bonds. The van der Waals surface area contributed by atoms with E-state index in [-0.39, 0.29) is 11.9 Å². The van der Waals surface area contributed by atoms with E-state index >= 15 is 0 Å². The molecule has 0 fully saturated rings. The maximum atomic E-state index is 12.8. The van der Waals surface area contributed by atoms with Crippen molar-refractivity contribution in [2.75, 3.05) is 4.90 Å². The number of carbonyl (C=O) groups excluding carboxylic acids is 1. The van der Waals surface area contributed by atoms with Crippen molar-refractivity contribution < 1.29 is 4.79 Å². The van der Waals surface area contributed by atoms with Crippen LogP contribution in [0.5, 0.6) is 0 Å². The van der Waals surface area contributed by atoms with Gasteiger partial charge in [-0.25, -0.2) is 0 Å². The Morgan fingerprint density at radius 2 is 2.00 bits per heavy atom. The van der Waals surface area contributed by atoms with Crippen molar-refractivity contribution in [3.05, 3.63) is 63.6 Å². The monoisotopic (exact) mass is 329 g/mol. The van der Waals surface area contributed by atoms with Gasteiger partial charge in [0, 0.05) is 21.8 Å². The first-order valence-electron chi connectivity index (χ1n) is 6.75. The topological polar surface area (TPSA) is 20.3 Å². The van der Waals surface area contributed by atoms with Crippen molar-refractivity contribution >= 4 is 27.5 Å². The van der Waals surface area contributed by atoms with E-state index in [0.717, 1.165) is 27.7 Å². The van der Waals surface area contributed by atoms with Gasteiger partial charge in [0.25, 0.3) is 5.91 Å². The number of aryl methyl sites for hydroxylation is 1. The summed E-state index contributed by atoms with van der Waals surface area (Å²) in [4.78, 5) is 14.7. The molecule has 1 aliphatic heterocycles. The lowest BCUT2D eigenvalue weighted by Crippen LogP contribution is -2.35. The Morgan fingerprint density at radius 1 is 1.25 bits per heavy atom. The smallest absolute Gasteiger partial charge is 0.258 e. The fraction of sp³-hybridized carbons (Fsp3) is 0.235. The van der Waals surface area contributed by atoms with E-state index in [4.69, 9.17) is 0 Å². The molecular weight excluding hydrogens is 314 g/mol. The number of amides is 1.